The summed E-state index contributed by atoms with van der Waals surface area (Å²) >= 11 is 0. The van der Waals surface area contributed by atoms with Gasteiger partial charge in [0.15, 0.2) is 0 Å². The minimum absolute atomic E-state index is 0.0942. The fourth-order valence-corrected chi connectivity index (χ4v) is 1.91. The number of nitrogens with two attached hydrogens (primary N) is 1. The Kier molecular flexibility index (Phi) is 7.14. The van der Waals surface area contributed by atoms with E-state index >= 15 is 0 Å². The molecule has 15 heavy (non-hydrogen) atoms. The summed E-state index contributed by atoms with van der Waals surface area (Å²) in [6.07, 6.45) is 4.54. The Morgan fingerprint density at radius 1 is 1.27 bits per heavy atom. The van der Waals surface area contributed by atoms with Crippen LogP contribution in [-0.4, -0.2) is 18.8 Å². The summed E-state index contributed by atoms with van der Waals surface area (Å²) in [6, 6.07) is 0.352. The van der Waals surface area contributed by atoms with Crippen molar-refractivity contribution < 1.29 is 4.74 Å². The topological polar surface area (TPSA) is 47.3 Å². The highest BCUT2D eigenvalue weighted by Crippen LogP contribution is 2.22. The van der Waals surface area contributed by atoms with Gasteiger partial charge in [0.1, 0.15) is 0 Å². The van der Waals surface area contributed by atoms with Crippen LogP contribution < -0.4 is 11.3 Å². The van der Waals surface area contributed by atoms with E-state index in [1.54, 1.807) is 7.11 Å². The van der Waals surface area contributed by atoms with E-state index in [4.69, 9.17) is 10.6 Å². The van der Waals surface area contributed by atoms with E-state index in [0.29, 0.717) is 6.04 Å². The van der Waals surface area contributed by atoms with Crippen LogP contribution in [0.4, 0.5) is 0 Å². The molecule has 0 fully saturated rings. The van der Waals surface area contributed by atoms with Gasteiger partial charge in [-0.15, -0.1) is 0 Å². The first kappa shape index (κ1) is 14.9. The lowest BCUT2D eigenvalue weighted by Crippen LogP contribution is -2.42. The third-order valence-corrected chi connectivity index (χ3v) is 3.30. The highest BCUT2D eigenvalue weighted by molar-refractivity contribution is 4.78. The van der Waals surface area contributed by atoms with Gasteiger partial charge in [-0.1, -0.05) is 26.7 Å². The van der Waals surface area contributed by atoms with Crippen LogP contribution in [0.2, 0.25) is 0 Å². The van der Waals surface area contributed by atoms with Gasteiger partial charge >= 0.3 is 0 Å². The minimum Gasteiger partial charge on any atom is -0.379 e. The number of ether oxygens (including phenoxy) is 1. The molecule has 0 rings (SSSR count). The third-order valence-electron chi connectivity index (χ3n) is 3.30. The smallest absolute Gasteiger partial charge is 0.0638 e. The van der Waals surface area contributed by atoms with E-state index in [1.807, 2.05) is 0 Å². The van der Waals surface area contributed by atoms with Crippen LogP contribution in [0.15, 0.2) is 0 Å². The number of rotatable bonds is 8. The van der Waals surface area contributed by atoms with Crippen LogP contribution in [0.1, 0.15) is 53.4 Å². The van der Waals surface area contributed by atoms with E-state index in [9.17, 15) is 0 Å². The molecule has 0 aliphatic carbocycles. The highest BCUT2D eigenvalue weighted by Gasteiger charge is 2.23. The Morgan fingerprint density at radius 2 is 1.80 bits per heavy atom. The SMILES string of the molecule is CCC(CC)CC(CC(C)(C)OC)NN. The molecule has 0 aromatic carbocycles. The van der Waals surface area contributed by atoms with Crippen molar-refractivity contribution in [3.05, 3.63) is 0 Å². The number of hydrazine groups is 1. The molecule has 0 radical (unpaired) electrons. The molecule has 0 spiro atoms. The standard InChI is InChI=1S/C12H28N2O/c1-6-10(7-2)8-11(14-13)9-12(3,4)15-5/h10-11,14H,6-9,13H2,1-5H3. The van der Waals surface area contributed by atoms with Crippen molar-refractivity contribution >= 4 is 0 Å². The fraction of sp³-hybridized carbons (Fsp3) is 1.00. The maximum Gasteiger partial charge on any atom is 0.0638 e. The van der Waals surface area contributed by atoms with E-state index in [-0.39, 0.29) is 5.60 Å². The van der Waals surface area contributed by atoms with Crippen molar-refractivity contribution in [3.63, 3.8) is 0 Å². The van der Waals surface area contributed by atoms with Gasteiger partial charge in [-0.05, 0) is 32.6 Å². The van der Waals surface area contributed by atoms with Gasteiger partial charge in [0, 0.05) is 13.2 Å². The van der Waals surface area contributed by atoms with Crippen molar-refractivity contribution in [1.29, 1.82) is 0 Å². The van der Waals surface area contributed by atoms with E-state index < -0.39 is 0 Å². The van der Waals surface area contributed by atoms with Crippen molar-refractivity contribution in [2.45, 2.75) is 65.0 Å². The fourth-order valence-electron chi connectivity index (χ4n) is 1.91. The molecule has 0 saturated carbocycles. The maximum atomic E-state index is 5.59. The average Bonchev–Trinajstić information content (AvgIpc) is 2.24. The molecule has 0 aliphatic rings. The summed E-state index contributed by atoms with van der Waals surface area (Å²) in [5.41, 5.74) is 2.82. The maximum absolute atomic E-state index is 5.59. The zero-order valence-electron chi connectivity index (χ0n) is 11.0. The molecule has 1 atom stereocenters. The average molecular weight is 216 g/mol. The molecule has 92 valence electrons. The molecule has 3 heteroatoms. The molecule has 0 amide bonds. The van der Waals surface area contributed by atoms with Crippen molar-refractivity contribution in [2.24, 2.45) is 11.8 Å². The Balaban J connectivity index is 4.13. The quantitative estimate of drug-likeness (QED) is 0.484. The minimum atomic E-state index is -0.0942. The molecule has 0 aliphatic heterocycles. The largest absolute Gasteiger partial charge is 0.379 e. The molecule has 3 N–H and O–H groups in total. The van der Waals surface area contributed by atoms with E-state index in [0.717, 1.165) is 18.8 Å². The summed E-state index contributed by atoms with van der Waals surface area (Å²) in [7, 11) is 1.75. The summed E-state index contributed by atoms with van der Waals surface area (Å²) < 4.78 is 5.42. The molecule has 0 aromatic heterocycles. The molecule has 3 nitrogen and oxygen atoms in total. The Labute approximate surface area is 94.7 Å². The monoisotopic (exact) mass is 216 g/mol. The van der Waals surface area contributed by atoms with Crippen molar-refractivity contribution in [1.82, 2.24) is 5.43 Å². The van der Waals surface area contributed by atoms with Crippen LogP contribution in [-0.2, 0) is 4.74 Å². The second-order valence-electron chi connectivity index (χ2n) is 4.95. The van der Waals surface area contributed by atoms with Gasteiger partial charge in [0.25, 0.3) is 0 Å². The molecule has 0 heterocycles. The zero-order valence-corrected chi connectivity index (χ0v) is 11.0. The van der Waals surface area contributed by atoms with Crippen LogP contribution in [0, 0.1) is 5.92 Å². The van der Waals surface area contributed by atoms with E-state index in [2.05, 4.69) is 33.1 Å². The van der Waals surface area contributed by atoms with Gasteiger partial charge in [-0.25, -0.2) is 0 Å². The normalized spacial score (nSPS) is 14.6. The molecular weight excluding hydrogens is 188 g/mol. The summed E-state index contributed by atoms with van der Waals surface area (Å²) in [5.74, 6) is 6.35. The second kappa shape index (κ2) is 7.20. The first-order chi connectivity index (χ1) is 6.99. The van der Waals surface area contributed by atoms with Gasteiger partial charge in [0.05, 0.1) is 5.60 Å². The van der Waals surface area contributed by atoms with Crippen LogP contribution in [0.25, 0.3) is 0 Å². The number of hydrogen-bond donors (Lipinski definition) is 2. The van der Waals surface area contributed by atoms with Crippen LogP contribution in [0.3, 0.4) is 0 Å². The zero-order chi connectivity index (χ0) is 11.9. The third kappa shape index (κ3) is 6.13. The lowest BCUT2D eigenvalue weighted by Gasteiger charge is -2.30. The first-order valence-electron chi connectivity index (χ1n) is 6.00. The summed E-state index contributed by atoms with van der Waals surface area (Å²) in [5, 5.41) is 0. The van der Waals surface area contributed by atoms with Gasteiger partial charge in [-0.3, -0.25) is 11.3 Å². The molecule has 0 aromatic rings. The Morgan fingerprint density at radius 3 is 2.13 bits per heavy atom. The Hall–Kier alpha value is -0.120. The van der Waals surface area contributed by atoms with Crippen LogP contribution >= 0.6 is 0 Å². The van der Waals surface area contributed by atoms with Crippen LogP contribution in [0.5, 0.6) is 0 Å². The van der Waals surface area contributed by atoms with Crippen molar-refractivity contribution in [2.75, 3.05) is 7.11 Å². The molecular formula is C12H28N2O. The lowest BCUT2D eigenvalue weighted by molar-refractivity contribution is 0.00487. The molecule has 0 saturated heterocycles. The first-order valence-corrected chi connectivity index (χ1v) is 6.00. The van der Waals surface area contributed by atoms with Gasteiger partial charge in [0.2, 0.25) is 0 Å². The predicted molar refractivity (Wildman–Crippen MR) is 65.5 cm³/mol. The lowest BCUT2D eigenvalue weighted by atomic mass is 9.89. The highest BCUT2D eigenvalue weighted by atomic mass is 16.5. The summed E-state index contributed by atoms with van der Waals surface area (Å²) in [4.78, 5) is 0. The number of methoxy groups -OCH3 is 1. The number of nitrogens with one attached hydrogen (secondary N) is 1. The Bertz CT molecular complexity index is 156. The number of hydrogen-bond acceptors (Lipinski definition) is 3. The predicted octanol–water partition coefficient (Wildman–Crippen LogP) is 2.46. The summed E-state index contributed by atoms with van der Waals surface area (Å²) in [6.45, 7) is 8.68. The van der Waals surface area contributed by atoms with Gasteiger partial charge in [-0.2, -0.15) is 0 Å². The van der Waals surface area contributed by atoms with Gasteiger partial charge < -0.3 is 4.74 Å². The van der Waals surface area contributed by atoms with Crippen molar-refractivity contribution in [3.8, 4) is 0 Å². The molecule has 0 bridgehead atoms. The molecule has 1 unspecified atom stereocenters. The second-order valence-corrected chi connectivity index (χ2v) is 4.95. The van der Waals surface area contributed by atoms with E-state index in [1.165, 1.54) is 12.8 Å².